The number of hydrogen-bond acceptors (Lipinski definition) is 3. The lowest BCUT2D eigenvalue weighted by atomic mass is 9.74. The zero-order chi connectivity index (χ0) is 38.5. The molecule has 0 N–H and O–H groups in total. The Morgan fingerprint density at radius 1 is 0.351 bits per heavy atom. The molecule has 0 fully saturated rings. The van der Waals surface area contributed by atoms with Crippen LogP contribution in [0.2, 0.25) is 0 Å². The van der Waals surface area contributed by atoms with E-state index in [1.165, 1.54) is 54.9 Å². The second-order valence-corrected chi connectivity index (χ2v) is 16.6. The van der Waals surface area contributed by atoms with Crippen LogP contribution in [0.1, 0.15) is 49.9 Å². The summed E-state index contributed by atoms with van der Waals surface area (Å²) in [5.41, 5.74) is 13.8. The third kappa shape index (κ3) is 4.98. The number of nitrogens with zero attached hydrogens (tertiary/aromatic N) is 2. The van der Waals surface area contributed by atoms with Crippen molar-refractivity contribution in [3.05, 3.63) is 204 Å². The molecule has 0 amide bonds. The number of rotatable bonds is 6. The van der Waals surface area contributed by atoms with Gasteiger partial charge in [0.25, 0.3) is 0 Å². The van der Waals surface area contributed by atoms with Crippen molar-refractivity contribution in [2.75, 3.05) is 9.80 Å². The molecule has 274 valence electrons. The molecule has 2 aliphatic rings. The topological polar surface area (TPSA) is 19.6 Å². The summed E-state index contributed by atoms with van der Waals surface area (Å²) in [6.45, 7) is 9.50. The van der Waals surface area contributed by atoms with E-state index in [0.29, 0.717) is 0 Å². The summed E-state index contributed by atoms with van der Waals surface area (Å²) in [4.78, 5) is 4.74. The quantitative estimate of drug-likeness (QED) is 0.159. The van der Waals surface area contributed by atoms with E-state index in [-0.39, 0.29) is 10.8 Å². The van der Waals surface area contributed by atoms with Crippen LogP contribution >= 0.6 is 0 Å². The Morgan fingerprint density at radius 2 is 0.754 bits per heavy atom. The van der Waals surface area contributed by atoms with Crippen molar-refractivity contribution in [1.82, 2.24) is 0 Å². The van der Waals surface area contributed by atoms with Crippen molar-refractivity contribution in [3.63, 3.8) is 0 Å². The minimum Gasteiger partial charge on any atom is -0.455 e. The lowest BCUT2D eigenvalue weighted by molar-refractivity contribution is 0.592. The SMILES string of the molecule is CC1(C)c2cc(N(c3ccccc3)c3ccccc3)ccc2-c2oc3c(c21)C(C)(C)c1cc(N(c2ccccc2)c2ccc4c(ccc5ccccc54)c2)ccc1-3. The van der Waals surface area contributed by atoms with Crippen molar-refractivity contribution >= 4 is 55.7 Å². The fourth-order valence-corrected chi connectivity index (χ4v) is 9.81. The van der Waals surface area contributed by atoms with Gasteiger partial charge in [0.15, 0.2) is 0 Å². The lowest BCUT2D eigenvalue weighted by Gasteiger charge is -2.30. The predicted octanol–water partition coefficient (Wildman–Crippen LogP) is 15.1. The first-order valence-electron chi connectivity index (χ1n) is 19.9. The van der Waals surface area contributed by atoms with Crippen LogP contribution in [-0.2, 0) is 10.8 Å². The molecule has 0 atom stereocenters. The zero-order valence-corrected chi connectivity index (χ0v) is 32.6. The van der Waals surface area contributed by atoms with Gasteiger partial charge in [-0.15, -0.1) is 0 Å². The van der Waals surface area contributed by atoms with Gasteiger partial charge in [-0.3, -0.25) is 0 Å². The van der Waals surface area contributed by atoms with E-state index in [4.69, 9.17) is 4.42 Å². The highest BCUT2D eigenvalue weighted by Gasteiger charge is 2.50. The van der Waals surface area contributed by atoms with Crippen LogP contribution in [0.4, 0.5) is 34.1 Å². The number of hydrogen-bond donors (Lipinski definition) is 0. The molecule has 0 spiro atoms. The van der Waals surface area contributed by atoms with Crippen molar-refractivity contribution in [1.29, 1.82) is 0 Å². The Hall–Kier alpha value is -6.84. The molecule has 57 heavy (non-hydrogen) atoms. The van der Waals surface area contributed by atoms with E-state index in [1.54, 1.807) is 0 Å². The maximum Gasteiger partial charge on any atom is 0.139 e. The summed E-state index contributed by atoms with van der Waals surface area (Å²) in [6.07, 6.45) is 0. The van der Waals surface area contributed by atoms with Gasteiger partial charge in [-0.25, -0.2) is 0 Å². The third-order valence-corrected chi connectivity index (χ3v) is 12.5. The molecule has 0 unspecified atom stereocenters. The van der Waals surface area contributed by atoms with Gasteiger partial charge >= 0.3 is 0 Å². The Kier molecular flexibility index (Phi) is 7.25. The molecule has 11 rings (SSSR count). The average Bonchev–Trinajstić information content (AvgIpc) is 3.83. The number of fused-ring (bicyclic) bond motifs is 10. The van der Waals surface area contributed by atoms with Gasteiger partial charge in [0.05, 0.1) is 0 Å². The molecular weight excluding hydrogens is 693 g/mol. The van der Waals surface area contributed by atoms with Gasteiger partial charge in [-0.1, -0.05) is 125 Å². The molecule has 0 radical (unpaired) electrons. The van der Waals surface area contributed by atoms with Gasteiger partial charge in [0.1, 0.15) is 11.5 Å². The molecule has 1 aromatic heterocycles. The van der Waals surface area contributed by atoms with Gasteiger partial charge in [0, 0.05) is 67.2 Å². The summed E-state index contributed by atoms with van der Waals surface area (Å²) >= 11 is 0. The normalized spacial score (nSPS) is 14.2. The summed E-state index contributed by atoms with van der Waals surface area (Å²) in [5.74, 6) is 2.02. The third-order valence-electron chi connectivity index (χ3n) is 12.5. The maximum absolute atomic E-state index is 7.09. The van der Waals surface area contributed by atoms with Crippen LogP contribution in [0.15, 0.2) is 186 Å². The van der Waals surface area contributed by atoms with Crippen LogP contribution in [0.25, 0.3) is 44.2 Å². The minimum atomic E-state index is -0.287. The van der Waals surface area contributed by atoms with Gasteiger partial charge < -0.3 is 14.2 Å². The van der Waals surface area contributed by atoms with Crippen molar-refractivity contribution in [2.45, 2.75) is 38.5 Å². The minimum absolute atomic E-state index is 0.274. The fraction of sp³-hybridized carbons (Fsp3) is 0.111. The largest absolute Gasteiger partial charge is 0.455 e. The smallest absolute Gasteiger partial charge is 0.139 e. The van der Waals surface area contributed by atoms with Crippen LogP contribution < -0.4 is 9.80 Å². The summed E-state index contributed by atoms with van der Waals surface area (Å²) < 4.78 is 7.09. The second-order valence-electron chi connectivity index (χ2n) is 16.6. The van der Waals surface area contributed by atoms with E-state index in [9.17, 15) is 0 Å². The molecule has 3 nitrogen and oxygen atoms in total. The Morgan fingerprint density at radius 3 is 1.28 bits per heavy atom. The van der Waals surface area contributed by atoms with Crippen LogP contribution in [0, 0.1) is 0 Å². The molecule has 3 heteroatoms. The summed E-state index contributed by atoms with van der Waals surface area (Å²) in [6, 6.07) is 65.9. The molecule has 0 saturated heterocycles. The lowest BCUT2D eigenvalue weighted by Crippen LogP contribution is -2.23. The highest BCUT2D eigenvalue weighted by atomic mass is 16.3. The molecule has 0 bridgehead atoms. The zero-order valence-electron chi connectivity index (χ0n) is 32.6. The van der Waals surface area contributed by atoms with Crippen molar-refractivity contribution in [2.24, 2.45) is 0 Å². The summed E-state index contributed by atoms with van der Waals surface area (Å²) in [5, 5.41) is 5.03. The molecular formula is C54H42N2O. The van der Waals surface area contributed by atoms with Gasteiger partial charge in [-0.2, -0.15) is 0 Å². The first kappa shape index (κ1) is 33.5. The standard InChI is InChI=1S/C54H42N2O/c1-53(2)47-33-41(55(37-17-8-5-9-18-37)38-19-10-6-11-20-38)27-30-45(47)51-49(53)50-52(57-51)46-31-28-42(34-48(46)54(50,3)4)56(39-21-12-7-13-22-39)40-26-29-44-36(32-40)25-24-35-16-14-15-23-43(35)44/h5-34H,1-4H3. The molecule has 2 aliphatic carbocycles. The first-order chi connectivity index (χ1) is 27.8. The van der Waals surface area contributed by atoms with E-state index in [1.807, 2.05) is 0 Å². The number of benzene rings is 8. The maximum atomic E-state index is 7.09. The van der Waals surface area contributed by atoms with Crippen LogP contribution in [0.5, 0.6) is 0 Å². The fourth-order valence-electron chi connectivity index (χ4n) is 9.81. The van der Waals surface area contributed by atoms with Gasteiger partial charge in [0.2, 0.25) is 0 Å². The molecule has 0 saturated carbocycles. The monoisotopic (exact) mass is 734 g/mol. The number of anilines is 6. The Labute approximate surface area is 334 Å². The van der Waals surface area contributed by atoms with Crippen molar-refractivity contribution < 1.29 is 4.42 Å². The van der Waals surface area contributed by atoms with E-state index in [2.05, 4.69) is 219 Å². The predicted molar refractivity (Wildman–Crippen MR) is 238 cm³/mol. The van der Waals surface area contributed by atoms with E-state index >= 15 is 0 Å². The Balaban J connectivity index is 1.01. The molecule has 1 heterocycles. The number of furan rings is 1. The van der Waals surface area contributed by atoms with Crippen LogP contribution in [-0.4, -0.2) is 0 Å². The van der Waals surface area contributed by atoms with E-state index in [0.717, 1.165) is 45.6 Å². The Bertz CT molecular complexity index is 2970. The highest BCUT2D eigenvalue weighted by molar-refractivity contribution is 6.08. The molecule has 9 aromatic rings. The van der Waals surface area contributed by atoms with Gasteiger partial charge in [-0.05, 0) is 118 Å². The van der Waals surface area contributed by atoms with Crippen molar-refractivity contribution in [3.8, 4) is 22.6 Å². The van der Waals surface area contributed by atoms with E-state index < -0.39 is 0 Å². The highest BCUT2D eigenvalue weighted by Crippen LogP contribution is 2.62. The van der Waals surface area contributed by atoms with Crippen LogP contribution in [0.3, 0.4) is 0 Å². The summed E-state index contributed by atoms with van der Waals surface area (Å²) in [7, 11) is 0. The second kappa shape index (κ2) is 12.3. The average molecular weight is 735 g/mol. The molecule has 0 aliphatic heterocycles. The molecule has 8 aromatic carbocycles. The first-order valence-corrected chi connectivity index (χ1v) is 19.9. The number of para-hydroxylation sites is 3.